The van der Waals surface area contributed by atoms with Crippen LogP contribution in [0.15, 0.2) is 24.3 Å². The summed E-state index contributed by atoms with van der Waals surface area (Å²) >= 11 is 1.86. The predicted molar refractivity (Wildman–Crippen MR) is 44.2 cm³/mol. The Morgan fingerprint density at radius 1 is 1.25 bits per heavy atom. The van der Waals surface area contributed by atoms with E-state index in [1.807, 2.05) is 23.8 Å². The van der Waals surface area contributed by atoms with Gasteiger partial charge in [-0.25, -0.2) is 0 Å². The van der Waals surface area contributed by atoms with Crippen LogP contribution in [0, 0.1) is 5.82 Å². The van der Waals surface area contributed by atoms with Crippen molar-refractivity contribution in [1.82, 2.24) is 0 Å². The van der Waals surface area contributed by atoms with Crippen molar-refractivity contribution in [1.29, 1.82) is 0 Å². The van der Waals surface area contributed by atoms with Gasteiger partial charge in [-0.1, -0.05) is 0 Å². The van der Waals surface area contributed by atoms with E-state index in [0.29, 0.717) is 0 Å². The Kier molecular flexibility index (Phi) is 6.08. The molecule has 3 N–H and O–H groups in total. The fourth-order valence-electron chi connectivity index (χ4n) is 0.606. The fourth-order valence-corrected chi connectivity index (χ4v) is 0.606. The molecule has 0 aliphatic rings. The van der Waals surface area contributed by atoms with Crippen LogP contribution in [0.3, 0.4) is 0 Å². The third-order valence-corrected chi connectivity index (χ3v) is 0.980. The molecule has 6 heteroatoms. The van der Waals surface area contributed by atoms with Crippen molar-refractivity contribution in [3.8, 4) is 0 Å². The van der Waals surface area contributed by atoms with Crippen LogP contribution < -0.4 is 4.24 Å². The molecule has 0 fully saturated rings. The maximum atomic E-state index is 12.2. The summed E-state index contributed by atoms with van der Waals surface area (Å²) in [5, 5.41) is 21.5. The Morgan fingerprint density at radius 3 is 2.00 bits per heavy atom. The van der Waals surface area contributed by atoms with Crippen molar-refractivity contribution in [3.63, 3.8) is 0 Å². The van der Waals surface area contributed by atoms with Gasteiger partial charge in [0.25, 0.3) is 0 Å². The number of halogens is 1. The third kappa shape index (κ3) is 7.80. The Morgan fingerprint density at radius 2 is 1.75 bits per heavy atom. The van der Waals surface area contributed by atoms with E-state index < -0.39 is 7.32 Å². The predicted octanol–water partition coefficient (Wildman–Crippen LogP) is -1.43. The molecule has 0 aliphatic heterocycles. The van der Waals surface area contributed by atoms with Crippen LogP contribution in [-0.4, -0.2) is 40.1 Å². The average Bonchev–Trinajstić information content (AvgIpc) is 1.84. The van der Waals surface area contributed by atoms with Crippen molar-refractivity contribution in [2.24, 2.45) is 0 Å². The molecule has 0 aromatic heterocycles. The zero-order valence-electron chi connectivity index (χ0n) is 6.61. The van der Waals surface area contributed by atoms with E-state index in [4.69, 9.17) is 15.1 Å². The second-order valence-electron chi connectivity index (χ2n) is 2.15. The molecule has 1 rings (SSSR count). The van der Waals surface area contributed by atoms with Gasteiger partial charge in [0, 0.05) is 0 Å². The summed E-state index contributed by atoms with van der Waals surface area (Å²) in [5.74, 6) is -0.162. The summed E-state index contributed by atoms with van der Waals surface area (Å²) < 4.78 is 13.1. The standard InChI is InChI=1S/C6H4F.BH3O3.Li/c7-6-4-2-1-3-5-6;2-1(3)4;/h1-2,4-5H;2-4H;. The summed E-state index contributed by atoms with van der Waals surface area (Å²) in [6.45, 7) is 0. The Bertz CT molecular complexity index is 214. The molecule has 1 aromatic rings. The molecule has 0 unspecified atom stereocenters. The van der Waals surface area contributed by atoms with Crippen molar-refractivity contribution in [2.75, 3.05) is 0 Å². The van der Waals surface area contributed by atoms with Crippen LogP contribution >= 0.6 is 0 Å². The quantitative estimate of drug-likeness (QED) is 0.412. The van der Waals surface area contributed by atoms with Gasteiger partial charge in [-0.2, -0.15) is 0 Å². The van der Waals surface area contributed by atoms with Crippen LogP contribution in [0.4, 0.5) is 4.39 Å². The Labute approximate surface area is 79.2 Å². The molecule has 0 heterocycles. The topological polar surface area (TPSA) is 60.7 Å². The van der Waals surface area contributed by atoms with Gasteiger partial charge in [0.1, 0.15) is 0 Å². The maximum absolute atomic E-state index is 12.2. The second kappa shape index (κ2) is 6.24. The molecule has 0 saturated heterocycles. The molecular weight excluding hydrogens is 157 g/mol. The van der Waals surface area contributed by atoms with Crippen molar-refractivity contribution in [2.45, 2.75) is 0 Å². The Balaban J connectivity index is 0.000000261. The number of hydrogen-bond acceptors (Lipinski definition) is 3. The van der Waals surface area contributed by atoms with E-state index in [9.17, 15) is 4.39 Å². The van der Waals surface area contributed by atoms with Gasteiger partial charge in [-0.3, -0.25) is 0 Å². The molecule has 0 aliphatic carbocycles. The van der Waals surface area contributed by atoms with Crippen LogP contribution in [0.1, 0.15) is 0 Å². The monoisotopic (exact) mass is 164 g/mol. The molecule has 0 bridgehead atoms. The molecule has 3 nitrogen and oxygen atoms in total. The number of rotatable bonds is 0. The van der Waals surface area contributed by atoms with Gasteiger partial charge >= 0.3 is 63.7 Å². The van der Waals surface area contributed by atoms with Crippen molar-refractivity contribution >= 4 is 29.3 Å². The molecule has 0 amide bonds. The van der Waals surface area contributed by atoms with Crippen LogP contribution in [0.25, 0.3) is 0 Å². The normalized spacial score (nSPS) is 8.50. The first-order valence-electron chi connectivity index (χ1n) is 3.28. The van der Waals surface area contributed by atoms with E-state index in [1.165, 1.54) is 12.1 Å². The van der Waals surface area contributed by atoms with E-state index >= 15 is 0 Å². The fraction of sp³-hybridized carbons (Fsp3) is 0. The molecule has 12 heavy (non-hydrogen) atoms. The third-order valence-electron chi connectivity index (χ3n) is 0.980. The first-order valence-corrected chi connectivity index (χ1v) is 3.28. The summed E-state index contributed by atoms with van der Waals surface area (Å²) in [6.07, 6.45) is 0. The van der Waals surface area contributed by atoms with Gasteiger partial charge in [0.15, 0.2) is 0 Å². The zero-order chi connectivity index (χ0) is 9.56. The minimum absolute atomic E-state index is 0.162. The minimum atomic E-state index is -2.17. The second-order valence-corrected chi connectivity index (χ2v) is 2.15. The summed E-state index contributed by atoms with van der Waals surface area (Å²) in [6, 6.07) is 6.50. The van der Waals surface area contributed by atoms with Crippen LogP contribution in [0.2, 0.25) is 0 Å². The summed E-state index contributed by atoms with van der Waals surface area (Å²) in [7, 11) is -2.17. The molecule has 0 spiro atoms. The molecule has 0 radical (unpaired) electrons. The number of hydrogen-bond donors (Lipinski definition) is 3. The summed E-state index contributed by atoms with van der Waals surface area (Å²) in [4.78, 5) is 0. The van der Waals surface area contributed by atoms with Crippen molar-refractivity contribution < 1.29 is 19.5 Å². The van der Waals surface area contributed by atoms with E-state index in [2.05, 4.69) is 0 Å². The summed E-state index contributed by atoms with van der Waals surface area (Å²) in [5.41, 5.74) is 0. The average molecular weight is 164 g/mol. The first kappa shape index (κ1) is 11.7. The van der Waals surface area contributed by atoms with Gasteiger partial charge < -0.3 is 15.1 Å². The van der Waals surface area contributed by atoms with Gasteiger partial charge in [-0.05, 0) is 0 Å². The molecule has 60 valence electrons. The molecule has 0 saturated carbocycles. The van der Waals surface area contributed by atoms with E-state index in [0.717, 1.165) is 4.24 Å². The molecule has 0 atom stereocenters. The SMILES string of the molecule is OB(O)O.[Li][c]1cccc(F)c1. The van der Waals surface area contributed by atoms with Crippen molar-refractivity contribution in [3.05, 3.63) is 30.1 Å². The van der Waals surface area contributed by atoms with Crippen LogP contribution in [0.5, 0.6) is 0 Å². The Hall–Kier alpha value is -0.308. The first-order chi connectivity index (χ1) is 5.52. The van der Waals surface area contributed by atoms with Gasteiger partial charge in [0.2, 0.25) is 0 Å². The van der Waals surface area contributed by atoms with Crippen LogP contribution in [-0.2, 0) is 0 Å². The molecular formula is C6H7BFLiO3. The number of benzene rings is 1. The van der Waals surface area contributed by atoms with E-state index in [-0.39, 0.29) is 5.82 Å². The van der Waals surface area contributed by atoms with Gasteiger partial charge in [-0.15, -0.1) is 0 Å². The zero-order valence-corrected chi connectivity index (χ0v) is 6.61. The van der Waals surface area contributed by atoms with E-state index in [1.54, 1.807) is 6.07 Å². The van der Waals surface area contributed by atoms with Gasteiger partial charge in [0.05, 0.1) is 0 Å². The molecule has 1 aromatic carbocycles.